The average molecular weight is 337 g/mol. The van der Waals surface area contributed by atoms with Crippen LogP contribution in [0.3, 0.4) is 0 Å². The quantitative estimate of drug-likeness (QED) is 0.784. The molecule has 1 saturated heterocycles. The SMILES string of the molecule is O=C1CC(CS(=O)(=O)F)CN1c1cncc(Br)c1. The van der Waals surface area contributed by atoms with E-state index in [9.17, 15) is 17.1 Å². The van der Waals surface area contributed by atoms with E-state index < -0.39 is 21.9 Å². The summed E-state index contributed by atoms with van der Waals surface area (Å²) < 4.78 is 34.5. The van der Waals surface area contributed by atoms with Crippen molar-refractivity contribution in [2.24, 2.45) is 5.92 Å². The van der Waals surface area contributed by atoms with Crippen molar-refractivity contribution in [2.45, 2.75) is 6.42 Å². The van der Waals surface area contributed by atoms with E-state index >= 15 is 0 Å². The van der Waals surface area contributed by atoms with Crippen molar-refractivity contribution in [1.82, 2.24) is 4.98 Å². The Morgan fingerprint density at radius 1 is 1.50 bits per heavy atom. The zero-order chi connectivity index (χ0) is 13.3. The Morgan fingerprint density at radius 3 is 2.83 bits per heavy atom. The third-order valence-electron chi connectivity index (χ3n) is 2.64. The van der Waals surface area contributed by atoms with Crippen molar-refractivity contribution in [2.75, 3.05) is 17.2 Å². The zero-order valence-electron chi connectivity index (χ0n) is 9.21. The number of carbonyl (C=O) groups excluding carboxylic acids is 1. The number of amides is 1. The monoisotopic (exact) mass is 336 g/mol. The first-order chi connectivity index (χ1) is 8.35. The van der Waals surface area contributed by atoms with E-state index in [4.69, 9.17) is 0 Å². The molecule has 0 radical (unpaired) electrons. The molecule has 1 fully saturated rings. The van der Waals surface area contributed by atoms with Crippen LogP contribution in [-0.2, 0) is 15.0 Å². The van der Waals surface area contributed by atoms with E-state index in [-0.39, 0.29) is 18.9 Å². The first-order valence-electron chi connectivity index (χ1n) is 5.18. The Kier molecular flexibility index (Phi) is 3.67. The number of carbonyl (C=O) groups is 1. The van der Waals surface area contributed by atoms with Crippen LogP contribution in [0.4, 0.5) is 9.57 Å². The number of pyridine rings is 1. The van der Waals surface area contributed by atoms with E-state index in [1.165, 1.54) is 11.1 Å². The Bertz CT molecular complexity index is 578. The molecule has 1 unspecified atom stereocenters. The van der Waals surface area contributed by atoms with Gasteiger partial charge in [-0.3, -0.25) is 9.78 Å². The molecular formula is C10H10BrFN2O3S. The van der Waals surface area contributed by atoms with Crippen molar-refractivity contribution >= 4 is 37.7 Å². The molecule has 1 atom stereocenters. The summed E-state index contributed by atoms with van der Waals surface area (Å²) in [7, 11) is -4.55. The highest BCUT2D eigenvalue weighted by atomic mass is 79.9. The predicted octanol–water partition coefficient (Wildman–Crippen LogP) is 1.50. The number of hydrogen-bond acceptors (Lipinski definition) is 4. The summed E-state index contributed by atoms with van der Waals surface area (Å²) in [5.41, 5.74) is 0.577. The third-order valence-corrected chi connectivity index (χ3v) is 3.95. The zero-order valence-corrected chi connectivity index (χ0v) is 11.6. The lowest BCUT2D eigenvalue weighted by molar-refractivity contribution is -0.117. The lowest BCUT2D eigenvalue weighted by atomic mass is 10.1. The fourth-order valence-corrected chi connectivity index (χ4v) is 3.11. The van der Waals surface area contributed by atoms with Gasteiger partial charge in [0.05, 0.1) is 17.6 Å². The summed E-state index contributed by atoms with van der Waals surface area (Å²) in [6.45, 7) is 0.195. The van der Waals surface area contributed by atoms with Crippen LogP contribution < -0.4 is 4.90 Å². The first kappa shape index (κ1) is 13.4. The number of aromatic nitrogens is 1. The molecule has 2 heterocycles. The Hall–Kier alpha value is -1.02. The van der Waals surface area contributed by atoms with Gasteiger partial charge in [0, 0.05) is 29.6 Å². The van der Waals surface area contributed by atoms with Gasteiger partial charge in [-0.15, -0.1) is 3.89 Å². The molecule has 1 amide bonds. The number of anilines is 1. The molecule has 0 aliphatic carbocycles. The van der Waals surface area contributed by atoms with Gasteiger partial charge in [-0.1, -0.05) is 0 Å². The van der Waals surface area contributed by atoms with Gasteiger partial charge in [0.15, 0.2) is 0 Å². The minimum Gasteiger partial charge on any atom is -0.311 e. The van der Waals surface area contributed by atoms with Crippen LogP contribution in [0.2, 0.25) is 0 Å². The Balaban J connectivity index is 2.15. The molecule has 0 N–H and O–H groups in total. The predicted molar refractivity (Wildman–Crippen MR) is 67.3 cm³/mol. The maximum absolute atomic E-state index is 12.6. The largest absolute Gasteiger partial charge is 0.311 e. The minimum absolute atomic E-state index is 0.0374. The summed E-state index contributed by atoms with van der Waals surface area (Å²) in [4.78, 5) is 17.1. The fourth-order valence-electron chi connectivity index (χ4n) is 1.97. The van der Waals surface area contributed by atoms with Crippen molar-refractivity contribution < 1.29 is 17.1 Å². The number of rotatable bonds is 3. The highest BCUT2D eigenvalue weighted by Crippen LogP contribution is 2.27. The van der Waals surface area contributed by atoms with Crippen LogP contribution in [0.15, 0.2) is 22.9 Å². The molecule has 18 heavy (non-hydrogen) atoms. The number of hydrogen-bond donors (Lipinski definition) is 0. The molecule has 98 valence electrons. The summed E-state index contributed by atoms with van der Waals surface area (Å²) in [5, 5.41) is 0. The molecule has 1 aliphatic heterocycles. The summed E-state index contributed by atoms with van der Waals surface area (Å²) >= 11 is 3.24. The van der Waals surface area contributed by atoms with Crippen molar-refractivity contribution in [3.63, 3.8) is 0 Å². The molecule has 0 bridgehead atoms. The van der Waals surface area contributed by atoms with Crippen molar-refractivity contribution in [1.29, 1.82) is 0 Å². The van der Waals surface area contributed by atoms with E-state index in [0.717, 1.165) is 4.47 Å². The second-order valence-electron chi connectivity index (χ2n) is 4.14. The first-order valence-corrected chi connectivity index (χ1v) is 7.53. The average Bonchev–Trinajstić information content (AvgIpc) is 2.56. The van der Waals surface area contributed by atoms with E-state index in [2.05, 4.69) is 20.9 Å². The van der Waals surface area contributed by atoms with Crippen LogP contribution in [0.5, 0.6) is 0 Å². The summed E-state index contributed by atoms with van der Waals surface area (Å²) in [6, 6.07) is 1.71. The summed E-state index contributed by atoms with van der Waals surface area (Å²) in [6.07, 6.45) is 3.12. The van der Waals surface area contributed by atoms with Gasteiger partial charge in [0.2, 0.25) is 5.91 Å². The topological polar surface area (TPSA) is 67.3 Å². The fraction of sp³-hybridized carbons (Fsp3) is 0.400. The second-order valence-corrected chi connectivity index (χ2v) is 6.47. The van der Waals surface area contributed by atoms with E-state index in [1.54, 1.807) is 12.3 Å². The van der Waals surface area contributed by atoms with E-state index in [1.807, 2.05) is 0 Å². The molecule has 0 saturated carbocycles. The van der Waals surface area contributed by atoms with E-state index in [0.29, 0.717) is 5.69 Å². The lowest BCUT2D eigenvalue weighted by Gasteiger charge is -2.16. The molecule has 0 aromatic carbocycles. The standard InChI is InChI=1S/C10H10BrFN2O3S/c11-8-2-9(4-13-3-8)14-5-7(1-10(14)15)6-18(12,16)17/h2-4,7H,1,5-6H2. The Labute approximate surface area is 112 Å². The van der Waals surface area contributed by atoms with Gasteiger partial charge < -0.3 is 4.90 Å². The highest BCUT2D eigenvalue weighted by Gasteiger charge is 2.33. The van der Waals surface area contributed by atoms with Gasteiger partial charge in [0.1, 0.15) is 0 Å². The maximum Gasteiger partial charge on any atom is 0.302 e. The lowest BCUT2D eigenvalue weighted by Crippen LogP contribution is -2.25. The van der Waals surface area contributed by atoms with Crippen molar-refractivity contribution in [3.05, 3.63) is 22.9 Å². The van der Waals surface area contributed by atoms with Gasteiger partial charge in [-0.05, 0) is 22.0 Å². The molecule has 1 aromatic rings. The van der Waals surface area contributed by atoms with Crippen LogP contribution in [0, 0.1) is 5.92 Å². The number of halogens is 2. The molecule has 8 heteroatoms. The summed E-state index contributed by atoms with van der Waals surface area (Å²) in [5.74, 6) is -1.34. The molecule has 2 rings (SSSR count). The third kappa shape index (κ3) is 3.26. The van der Waals surface area contributed by atoms with Gasteiger partial charge in [-0.25, -0.2) is 0 Å². The van der Waals surface area contributed by atoms with Crippen LogP contribution in [-0.4, -0.2) is 31.6 Å². The Morgan fingerprint density at radius 2 is 2.22 bits per heavy atom. The molecule has 1 aliphatic rings. The van der Waals surface area contributed by atoms with Crippen LogP contribution >= 0.6 is 15.9 Å². The number of nitrogens with zero attached hydrogens (tertiary/aromatic N) is 2. The maximum atomic E-state index is 12.6. The van der Waals surface area contributed by atoms with Gasteiger partial charge in [-0.2, -0.15) is 8.42 Å². The molecule has 5 nitrogen and oxygen atoms in total. The normalized spacial score (nSPS) is 20.4. The highest BCUT2D eigenvalue weighted by molar-refractivity contribution is 9.10. The van der Waals surface area contributed by atoms with Crippen LogP contribution in [0.25, 0.3) is 0 Å². The smallest absolute Gasteiger partial charge is 0.302 e. The molecule has 1 aromatic heterocycles. The van der Waals surface area contributed by atoms with Crippen molar-refractivity contribution in [3.8, 4) is 0 Å². The second kappa shape index (κ2) is 4.93. The molecular weight excluding hydrogens is 327 g/mol. The minimum atomic E-state index is -4.55. The van der Waals surface area contributed by atoms with Crippen LogP contribution in [0.1, 0.15) is 6.42 Å². The molecule has 0 spiro atoms. The van der Waals surface area contributed by atoms with Gasteiger partial charge in [0.25, 0.3) is 0 Å². The van der Waals surface area contributed by atoms with Gasteiger partial charge >= 0.3 is 10.2 Å².